The van der Waals surface area contributed by atoms with Crippen LogP contribution in [0.5, 0.6) is 5.75 Å². The van der Waals surface area contributed by atoms with Crippen molar-refractivity contribution in [2.45, 2.75) is 20.0 Å². The normalized spacial score (nSPS) is 12.5. The molecule has 5 nitrogen and oxygen atoms in total. The molecule has 0 radical (unpaired) electrons. The Kier molecular flexibility index (Phi) is 5.05. The van der Waals surface area contributed by atoms with E-state index in [2.05, 4.69) is 0 Å². The highest BCUT2D eigenvalue weighted by Crippen LogP contribution is 2.25. The molecule has 23 heavy (non-hydrogen) atoms. The van der Waals surface area contributed by atoms with Crippen molar-refractivity contribution in [2.75, 3.05) is 6.26 Å². The first kappa shape index (κ1) is 17.0. The standard InChI is InChI=1S/C17H19NO4S/c1-12-9-10-15(13(2)22-14-7-5-4-6-8-14)16(11-12)17(19)18-23(3,20)21/h4-11,13H,1-3H3,(H,18,19)/t13-/m1/s1. The largest absolute Gasteiger partial charge is 0.486 e. The third-order valence-electron chi connectivity index (χ3n) is 3.23. The van der Waals surface area contributed by atoms with Crippen molar-refractivity contribution in [1.29, 1.82) is 0 Å². The number of hydrogen-bond acceptors (Lipinski definition) is 4. The fourth-order valence-electron chi connectivity index (χ4n) is 2.21. The lowest BCUT2D eigenvalue weighted by Crippen LogP contribution is -2.30. The number of rotatable bonds is 5. The Morgan fingerprint density at radius 1 is 1.13 bits per heavy atom. The van der Waals surface area contributed by atoms with Crippen molar-refractivity contribution >= 4 is 15.9 Å². The van der Waals surface area contributed by atoms with Gasteiger partial charge in [-0.25, -0.2) is 13.1 Å². The lowest BCUT2D eigenvalue weighted by atomic mass is 10.00. The Bertz CT molecular complexity index is 801. The zero-order chi connectivity index (χ0) is 17.0. The summed E-state index contributed by atoms with van der Waals surface area (Å²) in [6.07, 6.45) is 0.544. The number of nitrogens with one attached hydrogen (secondary N) is 1. The van der Waals surface area contributed by atoms with Crippen LogP contribution in [0.1, 0.15) is 34.5 Å². The Morgan fingerprint density at radius 3 is 2.39 bits per heavy atom. The number of amides is 1. The molecule has 0 saturated heterocycles. The average molecular weight is 333 g/mol. The van der Waals surface area contributed by atoms with Crippen molar-refractivity contribution in [3.8, 4) is 5.75 Å². The number of para-hydroxylation sites is 1. The van der Waals surface area contributed by atoms with E-state index in [-0.39, 0.29) is 0 Å². The summed E-state index contributed by atoms with van der Waals surface area (Å²) in [5.41, 5.74) is 1.78. The number of sulfonamides is 1. The highest BCUT2D eigenvalue weighted by atomic mass is 32.2. The minimum atomic E-state index is -3.63. The molecule has 2 aromatic rings. The van der Waals surface area contributed by atoms with E-state index in [0.29, 0.717) is 16.9 Å². The van der Waals surface area contributed by atoms with Crippen LogP contribution in [0.3, 0.4) is 0 Å². The van der Waals surface area contributed by atoms with Gasteiger partial charge in [0.25, 0.3) is 5.91 Å². The number of aryl methyl sites for hydroxylation is 1. The lowest BCUT2D eigenvalue weighted by molar-refractivity contribution is 0.0977. The molecule has 0 aliphatic heterocycles. The van der Waals surface area contributed by atoms with E-state index >= 15 is 0 Å². The van der Waals surface area contributed by atoms with Crippen LogP contribution >= 0.6 is 0 Å². The Hall–Kier alpha value is -2.34. The molecule has 0 heterocycles. The molecule has 6 heteroatoms. The summed E-state index contributed by atoms with van der Waals surface area (Å²) >= 11 is 0. The first-order valence-electron chi connectivity index (χ1n) is 7.10. The number of carbonyl (C=O) groups excluding carboxylic acids is 1. The zero-order valence-electron chi connectivity index (χ0n) is 13.2. The summed E-state index contributed by atoms with van der Waals surface area (Å²) in [6, 6.07) is 14.5. The van der Waals surface area contributed by atoms with E-state index in [1.165, 1.54) is 0 Å². The number of benzene rings is 2. The molecule has 0 aliphatic carbocycles. The molecule has 1 amide bonds. The molecule has 0 saturated carbocycles. The maximum Gasteiger partial charge on any atom is 0.265 e. The molecule has 0 unspecified atom stereocenters. The smallest absolute Gasteiger partial charge is 0.265 e. The van der Waals surface area contributed by atoms with Crippen LogP contribution in [0.15, 0.2) is 48.5 Å². The van der Waals surface area contributed by atoms with E-state index in [1.54, 1.807) is 12.1 Å². The number of hydrogen-bond donors (Lipinski definition) is 1. The van der Waals surface area contributed by atoms with Gasteiger partial charge < -0.3 is 4.74 Å². The molecule has 0 aliphatic rings. The molecule has 2 aromatic carbocycles. The first-order valence-corrected chi connectivity index (χ1v) is 9.00. The molecule has 0 bridgehead atoms. The summed E-state index contributed by atoms with van der Waals surface area (Å²) in [6.45, 7) is 3.65. The fourth-order valence-corrected chi connectivity index (χ4v) is 2.66. The second-order valence-electron chi connectivity index (χ2n) is 5.37. The second-order valence-corrected chi connectivity index (χ2v) is 7.12. The van der Waals surface area contributed by atoms with Crippen LogP contribution < -0.4 is 9.46 Å². The highest BCUT2D eigenvalue weighted by Gasteiger charge is 2.20. The summed E-state index contributed by atoms with van der Waals surface area (Å²) in [4.78, 5) is 12.2. The van der Waals surface area contributed by atoms with Crippen LogP contribution in [0.25, 0.3) is 0 Å². The highest BCUT2D eigenvalue weighted by molar-refractivity contribution is 7.89. The van der Waals surface area contributed by atoms with Gasteiger partial charge in [-0.1, -0.05) is 35.9 Å². The topological polar surface area (TPSA) is 72.5 Å². The fraction of sp³-hybridized carbons (Fsp3) is 0.235. The van der Waals surface area contributed by atoms with E-state index < -0.39 is 22.0 Å². The minimum Gasteiger partial charge on any atom is -0.486 e. The van der Waals surface area contributed by atoms with Gasteiger partial charge in [-0.3, -0.25) is 4.79 Å². The Labute approximate surface area is 136 Å². The van der Waals surface area contributed by atoms with Crippen LogP contribution in [0, 0.1) is 6.92 Å². The Morgan fingerprint density at radius 2 is 1.78 bits per heavy atom. The maximum absolute atomic E-state index is 12.2. The van der Waals surface area contributed by atoms with Gasteiger partial charge in [0.2, 0.25) is 10.0 Å². The van der Waals surface area contributed by atoms with Gasteiger partial charge >= 0.3 is 0 Å². The zero-order valence-corrected chi connectivity index (χ0v) is 14.1. The van der Waals surface area contributed by atoms with Gasteiger partial charge in [0.15, 0.2) is 0 Å². The molecule has 0 fully saturated rings. The van der Waals surface area contributed by atoms with Crippen LogP contribution in [-0.4, -0.2) is 20.6 Å². The maximum atomic E-state index is 12.2. The molecule has 1 atom stereocenters. The molecule has 2 rings (SSSR count). The van der Waals surface area contributed by atoms with Crippen molar-refractivity contribution in [3.05, 3.63) is 65.2 Å². The van der Waals surface area contributed by atoms with Crippen LogP contribution in [0.2, 0.25) is 0 Å². The van der Waals surface area contributed by atoms with Gasteiger partial charge in [-0.2, -0.15) is 0 Å². The summed E-state index contributed by atoms with van der Waals surface area (Å²) in [7, 11) is -3.63. The second kappa shape index (κ2) is 6.83. The molecule has 0 aromatic heterocycles. The van der Waals surface area contributed by atoms with Crippen LogP contribution in [0.4, 0.5) is 0 Å². The predicted molar refractivity (Wildman–Crippen MR) is 89.0 cm³/mol. The van der Waals surface area contributed by atoms with Crippen molar-refractivity contribution in [3.63, 3.8) is 0 Å². The SMILES string of the molecule is Cc1ccc([C@@H](C)Oc2ccccc2)c(C(=O)NS(C)(=O)=O)c1. The molecule has 0 spiro atoms. The monoisotopic (exact) mass is 333 g/mol. The van der Waals surface area contributed by atoms with E-state index in [9.17, 15) is 13.2 Å². The lowest BCUT2D eigenvalue weighted by Gasteiger charge is -2.18. The van der Waals surface area contributed by atoms with Crippen molar-refractivity contribution < 1.29 is 17.9 Å². The quantitative estimate of drug-likeness (QED) is 0.913. The molecular formula is C17H19NO4S. The molecule has 122 valence electrons. The summed E-state index contributed by atoms with van der Waals surface area (Å²) < 4.78 is 30.4. The van der Waals surface area contributed by atoms with Crippen molar-refractivity contribution in [2.24, 2.45) is 0 Å². The summed E-state index contributed by atoms with van der Waals surface area (Å²) in [5, 5.41) is 0. The van der Waals surface area contributed by atoms with Gasteiger partial charge in [-0.15, -0.1) is 0 Å². The van der Waals surface area contributed by atoms with Crippen LogP contribution in [-0.2, 0) is 10.0 Å². The van der Waals surface area contributed by atoms with E-state index in [0.717, 1.165) is 11.8 Å². The third-order valence-corrected chi connectivity index (χ3v) is 3.78. The molecule has 1 N–H and O–H groups in total. The Balaban J connectivity index is 2.33. The third kappa shape index (κ3) is 4.82. The van der Waals surface area contributed by atoms with E-state index in [1.807, 2.05) is 55.0 Å². The molecular weight excluding hydrogens is 314 g/mol. The number of ether oxygens (including phenoxy) is 1. The van der Waals surface area contributed by atoms with Gasteiger partial charge in [0.1, 0.15) is 11.9 Å². The van der Waals surface area contributed by atoms with Gasteiger partial charge in [0.05, 0.1) is 6.26 Å². The number of carbonyl (C=O) groups is 1. The predicted octanol–water partition coefficient (Wildman–Crippen LogP) is 2.82. The van der Waals surface area contributed by atoms with E-state index in [4.69, 9.17) is 4.74 Å². The van der Waals surface area contributed by atoms with Gasteiger partial charge in [-0.05, 0) is 32.0 Å². The minimum absolute atomic E-state index is 0.291. The van der Waals surface area contributed by atoms with Crippen molar-refractivity contribution in [1.82, 2.24) is 4.72 Å². The first-order chi connectivity index (χ1) is 10.8. The van der Waals surface area contributed by atoms with Gasteiger partial charge in [0, 0.05) is 11.1 Å². The summed E-state index contributed by atoms with van der Waals surface area (Å²) in [5.74, 6) is 0.0183. The average Bonchev–Trinajstić information content (AvgIpc) is 2.46.